The summed E-state index contributed by atoms with van der Waals surface area (Å²) in [6.45, 7) is 0.673. The lowest BCUT2D eigenvalue weighted by molar-refractivity contribution is -0.184. The number of ketones is 1. The number of carbonyl (C=O) groups excluding carboxylic acids is 2. The number of hydroxylamine groups is 2. The van der Waals surface area contributed by atoms with Gasteiger partial charge in [0.05, 0.1) is 0 Å². The largest absolute Gasteiger partial charge is 0.367 e. The summed E-state index contributed by atoms with van der Waals surface area (Å²) in [6.07, 6.45) is 4.21. The van der Waals surface area contributed by atoms with Crippen LogP contribution in [0.1, 0.15) is 38.5 Å². The van der Waals surface area contributed by atoms with Crippen LogP contribution < -0.4 is 0 Å². The third-order valence-corrected chi connectivity index (χ3v) is 2.64. The summed E-state index contributed by atoms with van der Waals surface area (Å²) in [5, 5.41) is 1.50. The van der Waals surface area contributed by atoms with Gasteiger partial charge < -0.3 is 4.84 Å². The predicted octanol–water partition coefficient (Wildman–Crippen LogP) is 1.22. The van der Waals surface area contributed by atoms with Crippen molar-refractivity contribution >= 4 is 11.8 Å². The standard InChI is InChI=1S/C10H14NO3/c12-9-5-1-2-6-10(13)14-11-7-3-4-8(9)11/h1-7H2. The molecule has 2 rings (SSSR count). The Morgan fingerprint density at radius 1 is 1.00 bits per heavy atom. The summed E-state index contributed by atoms with van der Waals surface area (Å²) in [4.78, 5) is 28.0. The van der Waals surface area contributed by atoms with Crippen molar-refractivity contribution < 1.29 is 14.4 Å². The summed E-state index contributed by atoms with van der Waals surface area (Å²) in [7, 11) is 0. The fraction of sp³-hybridized carbons (Fsp3) is 0.700. The molecule has 14 heavy (non-hydrogen) atoms. The molecule has 0 amide bonds. The van der Waals surface area contributed by atoms with Crippen LogP contribution in [0.2, 0.25) is 0 Å². The Morgan fingerprint density at radius 3 is 2.64 bits per heavy atom. The van der Waals surface area contributed by atoms with Gasteiger partial charge in [-0.3, -0.25) is 9.59 Å². The van der Waals surface area contributed by atoms with E-state index in [0.29, 0.717) is 25.4 Å². The monoisotopic (exact) mass is 196 g/mol. The van der Waals surface area contributed by atoms with E-state index in [9.17, 15) is 9.59 Å². The van der Waals surface area contributed by atoms with Gasteiger partial charge in [-0.1, -0.05) is 0 Å². The molecule has 0 aliphatic carbocycles. The number of Topliss-reactive ketones (excluding diaryl/α,β-unsaturated/α-hetero) is 1. The van der Waals surface area contributed by atoms with E-state index in [1.165, 1.54) is 5.06 Å². The Hall–Kier alpha value is -0.900. The summed E-state index contributed by atoms with van der Waals surface area (Å²) in [6, 6.07) is 0.695. The second-order valence-corrected chi connectivity index (χ2v) is 3.75. The Kier molecular flexibility index (Phi) is 2.82. The van der Waals surface area contributed by atoms with E-state index < -0.39 is 0 Å². The zero-order valence-electron chi connectivity index (χ0n) is 8.12. The van der Waals surface area contributed by atoms with E-state index in [0.717, 1.165) is 25.7 Å². The third kappa shape index (κ3) is 1.95. The first kappa shape index (κ1) is 9.65. The first-order valence-electron chi connectivity index (χ1n) is 5.15. The van der Waals surface area contributed by atoms with Crippen LogP contribution in [0.15, 0.2) is 0 Å². The minimum absolute atomic E-state index is 0.150. The molecule has 2 fully saturated rings. The maximum atomic E-state index is 11.6. The Labute approximate surface area is 83.2 Å². The van der Waals surface area contributed by atoms with Crippen molar-refractivity contribution in [1.29, 1.82) is 0 Å². The number of hydrogen-bond donors (Lipinski definition) is 0. The summed E-state index contributed by atoms with van der Waals surface area (Å²) in [5.74, 6) is -0.0590. The molecule has 4 heteroatoms. The summed E-state index contributed by atoms with van der Waals surface area (Å²) >= 11 is 0. The minimum atomic E-state index is -0.209. The smallest absolute Gasteiger partial charge is 0.325 e. The molecule has 0 aromatic heterocycles. The van der Waals surface area contributed by atoms with Crippen molar-refractivity contribution in [3.05, 3.63) is 6.04 Å². The van der Waals surface area contributed by atoms with E-state index in [4.69, 9.17) is 4.84 Å². The molecule has 0 saturated carbocycles. The zero-order valence-corrected chi connectivity index (χ0v) is 8.12. The highest BCUT2D eigenvalue weighted by Gasteiger charge is 2.34. The van der Waals surface area contributed by atoms with Gasteiger partial charge in [0.1, 0.15) is 6.04 Å². The highest BCUT2D eigenvalue weighted by molar-refractivity contribution is 5.91. The van der Waals surface area contributed by atoms with Gasteiger partial charge in [-0.05, 0) is 25.7 Å². The second kappa shape index (κ2) is 4.09. The van der Waals surface area contributed by atoms with Gasteiger partial charge >= 0.3 is 5.97 Å². The highest BCUT2D eigenvalue weighted by atomic mass is 16.7. The van der Waals surface area contributed by atoms with Crippen molar-refractivity contribution in [3.63, 3.8) is 0 Å². The molecule has 2 heterocycles. The topological polar surface area (TPSA) is 46.6 Å². The molecule has 77 valence electrons. The Morgan fingerprint density at radius 2 is 1.79 bits per heavy atom. The molecule has 0 atom stereocenters. The van der Waals surface area contributed by atoms with Crippen LogP contribution in [0, 0.1) is 6.04 Å². The SMILES string of the molecule is O=C1CCCCC(=O)[C]2CCCN2O1. The van der Waals surface area contributed by atoms with E-state index in [1.54, 1.807) is 0 Å². The van der Waals surface area contributed by atoms with E-state index in [2.05, 4.69) is 0 Å². The second-order valence-electron chi connectivity index (χ2n) is 3.75. The van der Waals surface area contributed by atoms with Gasteiger partial charge in [-0.2, -0.15) is 0 Å². The number of fused-ring (bicyclic) bond motifs is 1. The minimum Gasteiger partial charge on any atom is -0.367 e. The fourth-order valence-electron chi connectivity index (χ4n) is 1.90. The number of carbonyl (C=O) groups is 2. The first-order valence-corrected chi connectivity index (χ1v) is 5.15. The van der Waals surface area contributed by atoms with Crippen LogP contribution in [0.5, 0.6) is 0 Å². The zero-order chi connectivity index (χ0) is 9.97. The van der Waals surface area contributed by atoms with Crippen LogP contribution in [0.25, 0.3) is 0 Å². The third-order valence-electron chi connectivity index (χ3n) is 2.64. The normalized spacial score (nSPS) is 26.3. The maximum absolute atomic E-state index is 11.6. The summed E-state index contributed by atoms with van der Waals surface area (Å²) < 4.78 is 0. The fourth-order valence-corrected chi connectivity index (χ4v) is 1.90. The lowest BCUT2D eigenvalue weighted by Crippen LogP contribution is -2.30. The van der Waals surface area contributed by atoms with E-state index >= 15 is 0 Å². The van der Waals surface area contributed by atoms with Crippen molar-refractivity contribution in [2.45, 2.75) is 38.5 Å². The summed E-state index contributed by atoms with van der Waals surface area (Å²) in [5.41, 5.74) is 0. The molecule has 2 saturated heterocycles. The number of nitrogens with zero attached hydrogens (tertiary/aromatic N) is 1. The molecule has 2 aliphatic rings. The van der Waals surface area contributed by atoms with Gasteiger partial charge in [0.2, 0.25) is 0 Å². The molecule has 2 aliphatic heterocycles. The van der Waals surface area contributed by atoms with Crippen molar-refractivity contribution in [2.24, 2.45) is 0 Å². The number of rotatable bonds is 0. The van der Waals surface area contributed by atoms with Gasteiger partial charge in [0.25, 0.3) is 0 Å². The molecular weight excluding hydrogens is 182 g/mol. The van der Waals surface area contributed by atoms with E-state index in [1.807, 2.05) is 0 Å². The van der Waals surface area contributed by atoms with Crippen molar-refractivity contribution in [2.75, 3.05) is 6.54 Å². The molecule has 0 bridgehead atoms. The Bertz CT molecular complexity index is 252. The average Bonchev–Trinajstić information content (AvgIpc) is 2.59. The molecular formula is C10H14NO3. The number of hydrogen-bond acceptors (Lipinski definition) is 4. The van der Waals surface area contributed by atoms with Gasteiger partial charge in [0.15, 0.2) is 5.78 Å². The van der Waals surface area contributed by atoms with Crippen LogP contribution in [-0.2, 0) is 14.4 Å². The van der Waals surface area contributed by atoms with Crippen LogP contribution in [0.3, 0.4) is 0 Å². The lowest BCUT2D eigenvalue weighted by atomic mass is 10.0. The molecule has 0 N–H and O–H groups in total. The molecule has 0 spiro atoms. The molecule has 1 radical (unpaired) electrons. The van der Waals surface area contributed by atoms with Crippen LogP contribution in [-0.4, -0.2) is 23.4 Å². The quantitative estimate of drug-likeness (QED) is 0.584. The van der Waals surface area contributed by atoms with Crippen LogP contribution in [0.4, 0.5) is 0 Å². The maximum Gasteiger partial charge on any atom is 0.325 e. The molecule has 0 unspecified atom stereocenters. The van der Waals surface area contributed by atoms with Gasteiger partial charge in [-0.15, -0.1) is 5.06 Å². The molecule has 4 nitrogen and oxygen atoms in total. The molecule has 0 aromatic carbocycles. The lowest BCUT2D eigenvalue weighted by Gasteiger charge is -2.19. The highest BCUT2D eigenvalue weighted by Crippen LogP contribution is 2.28. The van der Waals surface area contributed by atoms with Gasteiger partial charge in [-0.25, -0.2) is 0 Å². The average molecular weight is 196 g/mol. The Balaban J connectivity index is 2.08. The molecule has 0 aromatic rings. The predicted molar refractivity (Wildman–Crippen MR) is 48.8 cm³/mol. The van der Waals surface area contributed by atoms with Crippen molar-refractivity contribution in [1.82, 2.24) is 5.06 Å². The first-order chi connectivity index (χ1) is 6.77. The van der Waals surface area contributed by atoms with Gasteiger partial charge in [0, 0.05) is 19.4 Å². The van der Waals surface area contributed by atoms with Crippen LogP contribution >= 0.6 is 0 Å². The van der Waals surface area contributed by atoms with E-state index in [-0.39, 0.29) is 11.8 Å². The van der Waals surface area contributed by atoms with Crippen molar-refractivity contribution in [3.8, 4) is 0 Å².